The van der Waals surface area contributed by atoms with Gasteiger partial charge in [-0.25, -0.2) is 0 Å². The average molecular weight is 336 g/mol. The smallest absolute Gasteiger partial charge is 0.0717 e. The molecule has 2 aromatic carbocycles. The van der Waals surface area contributed by atoms with Crippen molar-refractivity contribution in [3.8, 4) is 0 Å². The lowest BCUT2D eigenvalue weighted by Gasteiger charge is -2.36. The van der Waals surface area contributed by atoms with Crippen LogP contribution in [0, 0.1) is 0 Å². The number of ether oxygens (including phenoxy) is 1. The Hall–Kier alpha value is -1.22. The first-order valence-electron chi connectivity index (χ1n) is 7.41. The van der Waals surface area contributed by atoms with Gasteiger partial charge in [-0.15, -0.1) is 0 Å². The van der Waals surface area contributed by atoms with Crippen molar-refractivity contribution in [3.63, 3.8) is 0 Å². The van der Waals surface area contributed by atoms with E-state index in [1.54, 1.807) is 6.07 Å². The first-order chi connectivity index (χ1) is 10.4. The molecule has 1 N–H and O–H groups in total. The maximum absolute atomic E-state index is 6.45. The zero-order valence-electron chi connectivity index (χ0n) is 13.0. The van der Waals surface area contributed by atoms with Gasteiger partial charge < -0.3 is 10.1 Å². The molecular weight excluding hydrogens is 317 g/mol. The highest BCUT2D eigenvalue weighted by atomic mass is 35.5. The van der Waals surface area contributed by atoms with E-state index in [9.17, 15) is 0 Å². The summed E-state index contributed by atoms with van der Waals surface area (Å²) in [5, 5.41) is 4.81. The Labute approximate surface area is 141 Å². The van der Waals surface area contributed by atoms with Crippen LogP contribution in [0.15, 0.2) is 30.3 Å². The molecule has 1 aliphatic rings. The summed E-state index contributed by atoms with van der Waals surface area (Å²) in [6.45, 7) is 7.71. The van der Waals surface area contributed by atoms with Crippen molar-refractivity contribution in [1.82, 2.24) is 0 Å². The lowest BCUT2D eigenvalue weighted by molar-refractivity contribution is 0.134. The normalized spacial score (nSPS) is 15.0. The summed E-state index contributed by atoms with van der Waals surface area (Å²) in [6.07, 6.45) is 0. The fraction of sp³-hybridized carbons (Fsp3) is 0.333. The molecule has 0 radical (unpaired) electrons. The summed E-state index contributed by atoms with van der Waals surface area (Å²) in [5.74, 6) is 0. The molecule has 2 aromatic rings. The fourth-order valence-electron chi connectivity index (χ4n) is 3.14. The summed E-state index contributed by atoms with van der Waals surface area (Å²) in [6, 6.07) is 10.2. The van der Waals surface area contributed by atoms with E-state index in [1.165, 1.54) is 5.56 Å². The van der Waals surface area contributed by atoms with Crippen molar-refractivity contribution in [2.75, 3.05) is 11.9 Å². The summed E-state index contributed by atoms with van der Waals surface area (Å²) >= 11 is 12.6. The number of fused-ring (bicyclic) bond motifs is 2. The minimum Gasteiger partial charge on any atom is -0.377 e. The Morgan fingerprint density at radius 2 is 1.86 bits per heavy atom. The van der Waals surface area contributed by atoms with E-state index in [1.807, 2.05) is 13.0 Å². The third kappa shape index (κ3) is 2.60. The number of anilines is 2. The predicted octanol–water partition coefficient (Wildman–Crippen LogP) is 5.91. The average Bonchev–Trinajstić information content (AvgIpc) is 2.43. The van der Waals surface area contributed by atoms with Gasteiger partial charge in [-0.3, -0.25) is 0 Å². The molecule has 0 saturated carbocycles. The number of hydrogen-bond donors (Lipinski definition) is 1. The number of halogens is 2. The van der Waals surface area contributed by atoms with Crippen molar-refractivity contribution in [2.45, 2.75) is 32.8 Å². The van der Waals surface area contributed by atoms with Gasteiger partial charge in [0, 0.05) is 39.0 Å². The first-order valence-corrected chi connectivity index (χ1v) is 8.16. The molecule has 0 unspecified atom stereocenters. The van der Waals surface area contributed by atoms with Crippen LogP contribution in [-0.2, 0) is 16.8 Å². The Kier molecular flexibility index (Phi) is 4.11. The van der Waals surface area contributed by atoms with Crippen LogP contribution in [0.25, 0.3) is 0 Å². The van der Waals surface area contributed by atoms with E-state index in [2.05, 4.69) is 37.4 Å². The van der Waals surface area contributed by atoms with Crippen LogP contribution in [0.1, 0.15) is 37.5 Å². The molecule has 4 heteroatoms. The van der Waals surface area contributed by atoms with E-state index in [0.717, 1.165) is 22.5 Å². The minimum absolute atomic E-state index is 0.179. The van der Waals surface area contributed by atoms with Crippen LogP contribution in [0.2, 0.25) is 10.0 Å². The molecule has 22 heavy (non-hydrogen) atoms. The van der Waals surface area contributed by atoms with E-state index in [4.69, 9.17) is 27.9 Å². The maximum atomic E-state index is 6.45. The fourth-order valence-corrected chi connectivity index (χ4v) is 3.87. The minimum atomic E-state index is -0.179. The van der Waals surface area contributed by atoms with Gasteiger partial charge in [-0.05, 0) is 36.2 Å². The molecule has 0 fully saturated rings. The molecule has 3 rings (SSSR count). The van der Waals surface area contributed by atoms with Crippen molar-refractivity contribution in [3.05, 3.63) is 57.1 Å². The van der Waals surface area contributed by atoms with Crippen molar-refractivity contribution in [2.24, 2.45) is 0 Å². The zero-order valence-corrected chi connectivity index (χ0v) is 14.5. The largest absolute Gasteiger partial charge is 0.377 e. The monoisotopic (exact) mass is 335 g/mol. The standard InChI is InChI=1S/C18H19Cl2NO/c1-4-22-10-11-5-6-13-15(7-11)21-16-9-12(19)8-14(20)17(16)18(13,2)3/h5-9,21H,4,10H2,1-3H3. The SMILES string of the molecule is CCOCc1ccc2c(c1)Nc1cc(Cl)cc(Cl)c1C2(C)C. The molecule has 0 atom stereocenters. The summed E-state index contributed by atoms with van der Waals surface area (Å²) in [4.78, 5) is 0. The van der Waals surface area contributed by atoms with Crippen LogP contribution < -0.4 is 5.32 Å². The van der Waals surface area contributed by atoms with Gasteiger partial charge in [0.05, 0.1) is 6.61 Å². The van der Waals surface area contributed by atoms with E-state index < -0.39 is 0 Å². The second-order valence-corrected chi connectivity index (χ2v) is 6.92. The van der Waals surface area contributed by atoms with Crippen LogP contribution in [0.5, 0.6) is 0 Å². The van der Waals surface area contributed by atoms with E-state index in [-0.39, 0.29) is 5.41 Å². The summed E-state index contributed by atoms with van der Waals surface area (Å²) < 4.78 is 5.50. The Bertz CT molecular complexity index is 725. The number of rotatable bonds is 3. The first kappa shape index (κ1) is 15.7. The van der Waals surface area contributed by atoms with Crippen molar-refractivity contribution in [1.29, 1.82) is 0 Å². The molecule has 1 aliphatic heterocycles. The van der Waals surface area contributed by atoms with Crippen molar-refractivity contribution >= 4 is 34.6 Å². The highest BCUT2D eigenvalue weighted by molar-refractivity contribution is 6.36. The maximum Gasteiger partial charge on any atom is 0.0717 e. The third-order valence-corrected chi connectivity index (χ3v) is 4.70. The zero-order chi connectivity index (χ0) is 15.9. The molecule has 1 heterocycles. The van der Waals surface area contributed by atoms with Gasteiger partial charge in [0.15, 0.2) is 0 Å². The molecule has 0 saturated heterocycles. The highest BCUT2D eigenvalue weighted by Crippen LogP contribution is 2.49. The molecule has 0 amide bonds. The molecule has 0 spiro atoms. The molecule has 0 bridgehead atoms. The van der Waals surface area contributed by atoms with Gasteiger partial charge in [-0.2, -0.15) is 0 Å². The third-order valence-electron chi connectivity index (χ3n) is 4.18. The van der Waals surface area contributed by atoms with Gasteiger partial charge in [0.1, 0.15) is 0 Å². The van der Waals surface area contributed by atoms with Gasteiger partial charge in [0.25, 0.3) is 0 Å². The van der Waals surface area contributed by atoms with Crippen LogP contribution >= 0.6 is 23.2 Å². The molecule has 2 nitrogen and oxygen atoms in total. The van der Waals surface area contributed by atoms with E-state index in [0.29, 0.717) is 23.3 Å². The Morgan fingerprint density at radius 3 is 2.59 bits per heavy atom. The van der Waals surface area contributed by atoms with Gasteiger partial charge in [-0.1, -0.05) is 49.2 Å². The molecular formula is C18H19Cl2NO. The lowest BCUT2D eigenvalue weighted by atomic mass is 9.74. The molecule has 116 valence electrons. The second-order valence-electron chi connectivity index (χ2n) is 6.08. The highest BCUT2D eigenvalue weighted by Gasteiger charge is 2.34. The van der Waals surface area contributed by atoms with Crippen molar-refractivity contribution < 1.29 is 4.74 Å². The Morgan fingerprint density at radius 1 is 1.09 bits per heavy atom. The van der Waals surface area contributed by atoms with E-state index >= 15 is 0 Å². The number of hydrogen-bond acceptors (Lipinski definition) is 2. The molecule has 0 aliphatic carbocycles. The second kappa shape index (κ2) is 5.77. The Balaban J connectivity index is 2.10. The van der Waals surface area contributed by atoms with Crippen LogP contribution in [-0.4, -0.2) is 6.61 Å². The van der Waals surface area contributed by atoms with Gasteiger partial charge in [0.2, 0.25) is 0 Å². The lowest BCUT2D eigenvalue weighted by Crippen LogP contribution is -2.26. The van der Waals surface area contributed by atoms with Crippen LogP contribution in [0.3, 0.4) is 0 Å². The van der Waals surface area contributed by atoms with Crippen LogP contribution in [0.4, 0.5) is 11.4 Å². The summed E-state index contributed by atoms with van der Waals surface area (Å²) in [7, 11) is 0. The molecule has 0 aromatic heterocycles. The number of nitrogens with one attached hydrogen (secondary N) is 1. The number of benzene rings is 2. The summed E-state index contributed by atoms with van der Waals surface area (Å²) in [5.41, 5.74) is 5.35. The predicted molar refractivity (Wildman–Crippen MR) is 93.6 cm³/mol. The topological polar surface area (TPSA) is 21.3 Å². The van der Waals surface area contributed by atoms with Gasteiger partial charge >= 0.3 is 0 Å². The quantitative estimate of drug-likeness (QED) is 0.752.